The van der Waals surface area contributed by atoms with Gasteiger partial charge in [-0.05, 0) is 87.1 Å². The minimum atomic E-state index is -0.986. The summed E-state index contributed by atoms with van der Waals surface area (Å²) in [5.41, 5.74) is 2.59. The molecule has 2 aliphatic carbocycles. The zero-order valence-electron chi connectivity index (χ0n) is 21.0. The highest BCUT2D eigenvalue weighted by molar-refractivity contribution is 7.85. The number of pyridine rings is 1. The van der Waals surface area contributed by atoms with Crippen LogP contribution in [-0.4, -0.2) is 24.0 Å². The zero-order valence-corrected chi connectivity index (χ0v) is 21.8. The second-order valence-electron chi connectivity index (χ2n) is 10.6. The van der Waals surface area contributed by atoms with Gasteiger partial charge in [-0.1, -0.05) is 26.7 Å². The van der Waals surface area contributed by atoms with Crippen LogP contribution in [-0.2, 0) is 10.8 Å². The summed E-state index contributed by atoms with van der Waals surface area (Å²) in [6.07, 6.45) is 10.6. The molecule has 0 spiro atoms. The van der Waals surface area contributed by atoms with Gasteiger partial charge < -0.3 is 5.32 Å². The molecule has 35 heavy (non-hydrogen) atoms. The quantitative estimate of drug-likeness (QED) is 0.438. The second kappa shape index (κ2) is 10.2. The van der Waals surface area contributed by atoms with E-state index in [0.717, 1.165) is 66.0 Å². The van der Waals surface area contributed by atoms with Crippen LogP contribution >= 0.6 is 0 Å². The van der Waals surface area contributed by atoms with Crippen LogP contribution in [0.2, 0.25) is 0 Å². The molecule has 2 heterocycles. The number of nitrogens with one attached hydrogen (secondary N) is 1. The van der Waals surface area contributed by atoms with E-state index >= 15 is 0 Å². The first-order valence-electron chi connectivity index (χ1n) is 13.1. The van der Waals surface area contributed by atoms with E-state index in [1.165, 1.54) is 12.8 Å². The van der Waals surface area contributed by atoms with E-state index in [2.05, 4.69) is 24.1 Å². The molecule has 2 aliphatic rings. The molecule has 7 heteroatoms. The van der Waals surface area contributed by atoms with Gasteiger partial charge in [-0.3, -0.25) is 13.6 Å². The van der Waals surface area contributed by atoms with Gasteiger partial charge in [0.05, 0.1) is 10.8 Å². The molecule has 186 valence electrons. The van der Waals surface area contributed by atoms with E-state index < -0.39 is 10.8 Å². The zero-order chi connectivity index (χ0) is 24.5. The van der Waals surface area contributed by atoms with Crippen LogP contribution in [0.15, 0.2) is 46.2 Å². The van der Waals surface area contributed by atoms with Crippen molar-refractivity contribution in [2.24, 2.45) is 11.8 Å². The monoisotopic (exact) mass is 492 g/mol. The fourth-order valence-electron chi connectivity index (χ4n) is 5.80. The van der Waals surface area contributed by atoms with Crippen molar-refractivity contribution in [3.05, 3.63) is 52.4 Å². The van der Waals surface area contributed by atoms with Crippen molar-refractivity contribution in [2.75, 3.05) is 5.32 Å². The summed E-state index contributed by atoms with van der Waals surface area (Å²) >= 11 is 0. The molecule has 1 atom stereocenters. The molecule has 2 fully saturated rings. The Bertz CT molecular complexity index is 1290. The highest BCUT2D eigenvalue weighted by Crippen LogP contribution is 2.34. The summed E-state index contributed by atoms with van der Waals surface area (Å²) in [4.78, 5) is 22.8. The Morgan fingerprint density at radius 3 is 2.46 bits per heavy atom. The van der Waals surface area contributed by atoms with Gasteiger partial charge >= 0.3 is 0 Å². The Labute approximate surface area is 210 Å². The molecule has 0 aliphatic heterocycles. The molecule has 0 amide bonds. The molecule has 0 bridgehead atoms. The van der Waals surface area contributed by atoms with Gasteiger partial charge in [-0.2, -0.15) is 4.98 Å². The number of rotatable bonds is 6. The Morgan fingerprint density at radius 1 is 1.03 bits per heavy atom. The van der Waals surface area contributed by atoms with Crippen LogP contribution in [0.25, 0.3) is 11.0 Å². The number of anilines is 2. The van der Waals surface area contributed by atoms with E-state index in [-0.39, 0.29) is 16.9 Å². The van der Waals surface area contributed by atoms with Gasteiger partial charge in [0.2, 0.25) is 5.95 Å². The second-order valence-corrected chi connectivity index (χ2v) is 12.4. The Balaban J connectivity index is 1.35. The summed E-state index contributed by atoms with van der Waals surface area (Å²) in [6, 6.07) is 9.61. The van der Waals surface area contributed by atoms with Crippen molar-refractivity contribution in [1.82, 2.24) is 14.5 Å². The first-order valence-corrected chi connectivity index (χ1v) is 14.3. The lowest BCUT2D eigenvalue weighted by atomic mass is 9.81. The van der Waals surface area contributed by atoms with Gasteiger partial charge in [-0.15, -0.1) is 0 Å². The third-order valence-electron chi connectivity index (χ3n) is 8.00. The van der Waals surface area contributed by atoms with Gasteiger partial charge in [-0.25, -0.2) is 4.98 Å². The lowest BCUT2D eigenvalue weighted by molar-refractivity contribution is 0.282. The molecule has 1 unspecified atom stereocenters. The molecule has 1 N–H and O–H groups in total. The van der Waals surface area contributed by atoms with Crippen LogP contribution in [0, 0.1) is 18.8 Å². The van der Waals surface area contributed by atoms with Crippen LogP contribution in [0.4, 0.5) is 11.6 Å². The number of benzene rings is 1. The highest BCUT2D eigenvalue weighted by atomic mass is 32.2. The van der Waals surface area contributed by atoms with E-state index in [1.54, 1.807) is 18.3 Å². The van der Waals surface area contributed by atoms with Crippen molar-refractivity contribution in [2.45, 2.75) is 88.3 Å². The average molecular weight is 493 g/mol. The minimum Gasteiger partial charge on any atom is -0.324 e. The molecule has 6 nitrogen and oxygen atoms in total. The SMILES string of the molecule is Cc1cc(S(=O)C2CCC(C(C)C)CC2)ccc1Nc1ncc2ccc(=O)n(C3CCCC3)c2n1. The lowest BCUT2D eigenvalue weighted by Gasteiger charge is -2.30. The maximum atomic E-state index is 13.3. The van der Waals surface area contributed by atoms with E-state index in [4.69, 9.17) is 4.98 Å². The first kappa shape index (κ1) is 24.2. The smallest absolute Gasteiger partial charge is 0.252 e. The molecule has 0 radical (unpaired) electrons. The molecule has 3 aromatic rings. The third kappa shape index (κ3) is 5.06. The maximum absolute atomic E-state index is 13.3. The Hall–Kier alpha value is -2.54. The van der Waals surface area contributed by atoms with Crippen molar-refractivity contribution < 1.29 is 4.21 Å². The van der Waals surface area contributed by atoms with Crippen LogP contribution in [0.1, 0.15) is 76.8 Å². The van der Waals surface area contributed by atoms with Crippen LogP contribution in [0.3, 0.4) is 0 Å². The van der Waals surface area contributed by atoms with E-state index in [9.17, 15) is 9.00 Å². The fraction of sp³-hybridized carbons (Fsp3) is 0.536. The van der Waals surface area contributed by atoms with E-state index in [1.807, 2.05) is 29.7 Å². The molecule has 2 aromatic heterocycles. The number of nitrogens with zero attached hydrogens (tertiary/aromatic N) is 3. The summed E-state index contributed by atoms with van der Waals surface area (Å²) in [7, 11) is -0.986. The molecule has 2 saturated carbocycles. The van der Waals surface area contributed by atoms with Gasteiger partial charge in [0.1, 0.15) is 5.65 Å². The number of hydrogen-bond donors (Lipinski definition) is 1. The topological polar surface area (TPSA) is 76.9 Å². The molecular weight excluding hydrogens is 456 g/mol. The predicted octanol–water partition coefficient (Wildman–Crippen LogP) is 6.28. The Morgan fingerprint density at radius 2 is 1.77 bits per heavy atom. The molecule has 1 aromatic carbocycles. The summed E-state index contributed by atoms with van der Waals surface area (Å²) in [5, 5.41) is 4.45. The van der Waals surface area contributed by atoms with Crippen molar-refractivity contribution >= 4 is 33.5 Å². The summed E-state index contributed by atoms with van der Waals surface area (Å²) in [5.74, 6) is 1.95. The largest absolute Gasteiger partial charge is 0.324 e. The van der Waals surface area contributed by atoms with Gasteiger partial charge in [0, 0.05) is 39.5 Å². The first-order chi connectivity index (χ1) is 16.9. The van der Waals surface area contributed by atoms with E-state index in [0.29, 0.717) is 17.5 Å². The van der Waals surface area contributed by atoms with Crippen molar-refractivity contribution in [1.29, 1.82) is 0 Å². The van der Waals surface area contributed by atoms with Crippen molar-refractivity contribution in [3.63, 3.8) is 0 Å². The number of hydrogen-bond acceptors (Lipinski definition) is 5. The predicted molar refractivity (Wildman–Crippen MR) is 143 cm³/mol. The molecule has 0 saturated heterocycles. The summed E-state index contributed by atoms with van der Waals surface area (Å²) < 4.78 is 15.1. The third-order valence-corrected chi connectivity index (χ3v) is 9.79. The average Bonchev–Trinajstić information content (AvgIpc) is 3.39. The number of aromatic nitrogens is 3. The van der Waals surface area contributed by atoms with Crippen molar-refractivity contribution in [3.8, 4) is 0 Å². The van der Waals surface area contributed by atoms with Crippen LogP contribution < -0.4 is 10.9 Å². The van der Waals surface area contributed by atoms with Crippen LogP contribution in [0.5, 0.6) is 0 Å². The Kier molecular flexibility index (Phi) is 7.05. The fourth-order valence-corrected chi connectivity index (χ4v) is 7.38. The lowest BCUT2D eigenvalue weighted by Crippen LogP contribution is -2.25. The van der Waals surface area contributed by atoms with Gasteiger partial charge in [0.25, 0.3) is 5.56 Å². The van der Waals surface area contributed by atoms with Gasteiger partial charge in [0.15, 0.2) is 0 Å². The normalized spacial score (nSPS) is 22.1. The maximum Gasteiger partial charge on any atom is 0.252 e. The highest BCUT2D eigenvalue weighted by Gasteiger charge is 2.28. The molecular formula is C28H36N4O2S. The number of aryl methyl sites for hydroxylation is 1. The number of fused-ring (bicyclic) bond motifs is 1. The standard InChI is InChI=1S/C28H36N4O2S/c1-18(2)20-8-11-23(12-9-20)35(34)24-13-14-25(19(3)16-24)30-28-29-17-21-10-15-26(33)32(27(21)31-28)22-6-4-5-7-22/h10,13-18,20,22-23H,4-9,11-12H2,1-3H3,(H,29,30,31). The molecule has 5 rings (SSSR count). The minimum absolute atomic E-state index is 0.000472. The summed E-state index contributed by atoms with van der Waals surface area (Å²) in [6.45, 7) is 6.61.